The topological polar surface area (TPSA) is 62.3 Å². The molecular weight excluding hydrogens is 321 g/mol. The number of likely N-dealkylation sites (tertiary alicyclic amines) is 1. The van der Waals surface area contributed by atoms with Crippen molar-refractivity contribution in [2.24, 2.45) is 0 Å². The third-order valence-electron chi connectivity index (χ3n) is 4.33. The predicted octanol–water partition coefficient (Wildman–Crippen LogP) is 2.56. The van der Waals surface area contributed by atoms with Gasteiger partial charge in [0, 0.05) is 30.4 Å². The maximum absolute atomic E-state index is 12.9. The summed E-state index contributed by atoms with van der Waals surface area (Å²) in [6.45, 7) is 3.00. The summed E-state index contributed by atoms with van der Waals surface area (Å²) < 4.78 is 12.9. The molecule has 1 N–H and O–H groups in total. The average molecular weight is 341 g/mol. The van der Waals surface area contributed by atoms with Crippen LogP contribution >= 0.6 is 0 Å². The highest BCUT2D eigenvalue weighted by Gasteiger charge is 2.25. The number of rotatable bonds is 3. The van der Waals surface area contributed by atoms with Crippen molar-refractivity contribution in [1.82, 2.24) is 15.2 Å². The van der Waals surface area contributed by atoms with Crippen molar-refractivity contribution in [3.63, 3.8) is 0 Å². The Morgan fingerprint density at radius 1 is 1.12 bits per heavy atom. The maximum Gasteiger partial charge on any atom is 0.272 e. The van der Waals surface area contributed by atoms with Crippen molar-refractivity contribution >= 4 is 11.8 Å². The number of hydrogen-bond donors (Lipinski definition) is 1. The first kappa shape index (κ1) is 17.1. The molecule has 0 aliphatic carbocycles. The summed E-state index contributed by atoms with van der Waals surface area (Å²) in [7, 11) is 0. The fraction of sp³-hybridized carbons (Fsp3) is 0.316. The highest BCUT2D eigenvalue weighted by molar-refractivity contribution is 5.94. The molecule has 1 fully saturated rings. The van der Waals surface area contributed by atoms with Gasteiger partial charge in [0.05, 0.1) is 0 Å². The van der Waals surface area contributed by atoms with E-state index < -0.39 is 0 Å². The summed E-state index contributed by atoms with van der Waals surface area (Å²) in [6, 6.07) is 10.9. The smallest absolute Gasteiger partial charge is 0.272 e. The molecule has 1 aromatic heterocycles. The Bertz CT molecular complexity index is 768. The highest BCUT2D eigenvalue weighted by atomic mass is 19.1. The van der Waals surface area contributed by atoms with Crippen molar-refractivity contribution in [3.8, 4) is 0 Å². The van der Waals surface area contributed by atoms with Crippen molar-refractivity contribution in [3.05, 3.63) is 65.2 Å². The number of carbonyl (C=O) groups is 2. The molecule has 3 rings (SSSR count). The van der Waals surface area contributed by atoms with Gasteiger partial charge in [-0.1, -0.05) is 6.07 Å². The van der Waals surface area contributed by atoms with Crippen LogP contribution in [0.4, 0.5) is 4.39 Å². The Morgan fingerprint density at radius 3 is 2.44 bits per heavy atom. The van der Waals surface area contributed by atoms with Gasteiger partial charge in [-0.25, -0.2) is 9.37 Å². The number of aromatic nitrogens is 1. The molecule has 0 unspecified atom stereocenters. The number of halogens is 1. The van der Waals surface area contributed by atoms with Crippen molar-refractivity contribution in [2.45, 2.75) is 25.8 Å². The fourth-order valence-electron chi connectivity index (χ4n) is 2.92. The molecule has 5 nitrogen and oxygen atoms in total. The summed E-state index contributed by atoms with van der Waals surface area (Å²) in [5, 5.41) is 2.95. The minimum atomic E-state index is -0.367. The maximum atomic E-state index is 12.9. The third-order valence-corrected chi connectivity index (χ3v) is 4.33. The molecule has 1 aromatic carbocycles. The first-order valence-corrected chi connectivity index (χ1v) is 8.32. The molecule has 0 saturated carbocycles. The Kier molecular flexibility index (Phi) is 5.07. The van der Waals surface area contributed by atoms with Crippen LogP contribution < -0.4 is 5.32 Å². The summed E-state index contributed by atoms with van der Waals surface area (Å²) in [5.74, 6) is -0.662. The van der Waals surface area contributed by atoms with Crippen LogP contribution in [0.15, 0.2) is 42.5 Å². The number of nitrogens with one attached hydrogen (secondary N) is 1. The van der Waals surface area contributed by atoms with E-state index in [2.05, 4.69) is 10.3 Å². The molecule has 2 heterocycles. The number of aryl methyl sites for hydroxylation is 1. The largest absolute Gasteiger partial charge is 0.349 e. The molecular formula is C19H20FN3O2. The van der Waals surface area contributed by atoms with Gasteiger partial charge >= 0.3 is 0 Å². The lowest BCUT2D eigenvalue weighted by molar-refractivity contribution is 0.0692. The predicted molar refractivity (Wildman–Crippen MR) is 91.8 cm³/mol. The van der Waals surface area contributed by atoms with Crippen LogP contribution in [-0.2, 0) is 0 Å². The van der Waals surface area contributed by atoms with Crippen LogP contribution in [0.1, 0.15) is 39.4 Å². The molecule has 1 aliphatic heterocycles. The van der Waals surface area contributed by atoms with Crippen LogP contribution in [0.25, 0.3) is 0 Å². The number of amides is 2. The zero-order valence-corrected chi connectivity index (χ0v) is 14.0. The lowest BCUT2D eigenvalue weighted by Gasteiger charge is -2.32. The summed E-state index contributed by atoms with van der Waals surface area (Å²) in [5.41, 5.74) is 1.70. The second-order valence-electron chi connectivity index (χ2n) is 6.21. The lowest BCUT2D eigenvalue weighted by Crippen LogP contribution is -2.46. The molecule has 0 atom stereocenters. The number of nitrogens with zero attached hydrogens (tertiary/aromatic N) is 2. The minimum Gasteiger partial charge on any atom is -0.349 e. The van der Waals surface area contributed by atoms with Gasteiger partial charge in [-0.15, -0.1) is 0 Å². The van der Waals surface area contributed by atoms with E-state index >= 15 is 0 Å². The minimum absolute atomic E-state index is 0.00655. The number of pyridine rings is 1. The van der Waals surface area contributed by atoms with E-state index in [4.69, 9.17) is 0 Å². The van der Waals surface area contributed by atoms with Gasteiger partial charge in [-0.05, 0) is 56.2 Å². The van der Waals surface area contributed by atoms with Gasteiger partial charge in [0.1, 0.15) is 11.5 Å². The molecule has 1 saturated heterocycles. The van der Waals surface area contributed by atoms with E-state index in [1.807, 2.05) is 19.1 Å². The Hall–Kier alpha value is -2.76. The molecule has 0 radical (unpaired) electrons. The molecule has 1 aliphatic rings. The third kappa shape index (κ3) is 4.21. The molecule has 2 amide bonds. The number of piperidine rings is 1. The van der Waals surface area contributed by atoms with Gasteiger partial charge in [-0.2, -0.15) is 0 Å². The number of carbonyl (C=O) groups excluding carboxylic acids is 2. The zero-order valence-electron chi connectivity index (χ0n) is 14.0. The van der Waals surface area contributed by atoms with E-state index in [1.165, 1.54) is 24.3 Å². The van der Waals surface area contributed by atoms with E-state index in [0.717, 1.165) is 5.69 Å². The van der Waals surface area contributed by atoms with Gasteiger partial charge < -0.3 is 10.2 Å². The molecule has 25 heavy (non-hydrogen) atoms. The van der Waals surface area contributed by atoms with Gasteiger partial charge in [0.25, 0.3) is 11.8 Å². The molecule has 130 valence electrons. The Balaban J connectivity index is 1.54. The van der Waals surface area contributed by atoms with Crippen molar-refractivity contribution < 1.29 is 14.0 Å². The lowest BCUT2D eigenvalue weighted by atomic mass is 10.0. The molecule has 0 spiro atoms. The SMILES string of the molecule is Cc1cccc(C(=O)N2CCC(NC(=O)c3ccc(F)cc3)CC2)n1. The second-order valence-corrected chi connectivity index (χ2v) is 6.21. The van der Waals surface area contributed by atoms with E-state index in [0.29, 0.717) is 37.2 Å². The van der Waals surface area contributed by atoms with Crippen LogP contribution in [0.2, 0.25) is 0 Å². The van der Waals surface area contributed by atoms with E-state index in [9.17, 15) is 14.0 Å². The van der Waals surface area contributed by atoms with E-state index in [-0.39, 0.29) is 23.7 Å². The van der Waals surface area contributed by atoms with Crippen molar-refractivity contribution in [1.29, 1.82) is 0 Å². The van der Waals surface area contributed by atoms with Crippen LogP contribution in [0.5, 0.6) is 0 Å². The standard InChI is InChI=1S/C19H20FN3O2/c1-13-3-2-4-17(21-13)19(25)23-11-9-16(10-12-23)22-18(24)14-5-7-15(20)8-6-14/h2-8,16H,9-12H2,1H3,(H,22,24). The monoisotopic (exact) mass is 341 g/mol. The molecule has 2 aromatic rings. The Labute approximate surface area is 145 Å². The van der Waals surface area contributed by atoms with Crippen molar-refractivity contribution in [2.75, 3.05) is 13.1 Å². The Morgan fingerprint density at radius 2 is 1.80 bits per heavy atom. The first-order valence-electron chi connectivity index (χ1n) is 8.32. The normalized spacial score (nSPS) is 15.0. The van der Waals surface area contributed by atoms with E-state index in [1.54, 1.807) is 11.0 Å². The van der Waals surface area contributed by atoms with Gasteiger partial charge in [-0.3, -0.25) is 9.59 Å². The molecule has 6 heteroatoms. The quantitative estimate of drug-likeness (QED) is 0.933. The summed E-state index contributed by atoms with van der Waals surface area (Å²) in [6.07, 6.45) is 1.37. The average Bonchev–Trinajstić information content (AvgIpc) is 2.62. The summed E-state index contributed by atoms with van der Waals surface area (Å²) >= 11 is 0. The molecule has 0 bridgehead atoms. The van der Waals surface area contributed by atoms with Crippen LogP contribution in [0.3, 0.4) is 0 Å². The van der Waals surface area contributed by atoms with Gasteiger partial charge in [0.2, 0.25) is 0 Å². The van der Waals surface area contributed by atoms with Gasteiger partial charge in [0.15, 0.2) is 0 Å². The van der Waals surface area contributed by atoms with Crippen LogP contribution in [0, 0.1) is 12.7 Å². The van der Waals surface area contributed by atoms with Crippen LogP contribution in [-0.4, -0.2) is 40.8 Å². The first-order chi connectivity index (χ1) is 12.0. The highest BCUT2D eigenvalue weighted by Crippen LogP contribution is 2.14. The fourth-order valence-corrected chi connectivity index (χ4v) is 2.92. The number of hydrogen-bond acceptors (Lipinski definition) is 3. The summed E-state index contributed by atoms with van der Waals surface area (Å²) in [4.78, 5) is 30.7. The second kappa shape index (κ2) is 7.42. The zero-order chi connectivity index (χ0) is 17.8. The number of benzene rings is 1.